The summed E-state index contributed by atoms with van der Waals surface area (Å²) >= 11 is 0. The number of para-hydroxylation sites is 1. The van der Waals surface area contributed by atoms with Gasteiger partial charge in [-0.1, -0.05) is 24.3 Å². The van der Waals surface area contributed by atoms with E-state index in [1.165, 1.54) is 18.2 Å². The van der Waals surface area contributed by atoms with Crippen LogP contribution in [0.2, 0.25) is 0 Å². The van der Waals surface area contributed by atoms with E-state index < -0.39 is 16.5 Å². The molecule has 0 radical (unpaired) electrons. The SMILES string of the molecule is CC(C)(C)NC(=O)C(Nc1ccccc1C#N)c1cccc([N+](=O)[O-])c1. The van der Waals surface area contributed by atoms with Crippen molar-refractivity contribution in [2.75, 3.05) is 5.32 Å². The second-order valence-corrected chi connectivity index (χ2v) is 6.83. The summed E-state index contributed by atoms with van der Waals surface area (Å²) in [6.07, 6.45) is 0. The van der Waals surface area contributed by atoms with Crippen molar-refractivity contribution >= 4 is 17.3 Å². The number of nitrogens with one attached hydrogen (secondary N) is 2. The molecule has 0 heterocycles. The molecule has 1 atom stereocenters. The summed E-state index contributed by atoms with van der Waals surface area (Å²) in [6.45, 7) is 5.54. The Morgan fingerprint density at radius 3 is 2.50 bits per heavy atom. The number of rotatable bonds is 5. The fraction of sp³-hybridized carbons (Fsp3) is 0.263. The van der Waals surface area contributed by atoms with E-state index in [-0.39, 0.29) is 11.6 Å². The molecule has 0 aromatic heterocycles. The van der Waals surface area contributed by atoms with Gasteiger partial charge in [0.15, 0.2) is 0 Å². The van der Waals surface area contributed by atoms with Crippen molar-refractivity contribution < 1.29 is 9.72 Å². The maximum Gasteiger partial charge on any atom is 0.269 e. The van der Waals surface area contributed by atoms with Crippen molar-refractivity contribution in [1.82, 2.24) is 5.32 Å². The van der Waals surface area contributed by atoms with Gasteiger partial charge in [-0.15, -0.1) is 0 Å². The topological polar surface area (TPSA) is 108 Å². The maximum absolute atomic E-state index is 12.8. The zero-order valence-electron chi connectivity index (χ0n) is 14.8. The minimum atomic E-state index is -0.886. The van der Waals surface area contributed by atoms with E-state index in [9.17, 15) is 20.2 Å². The fourth-order valence-electron chi connectivity index (χ4n) is 2.42. The number of nitro benzene ring substituents is 1. The predicted molar refractivity (Wildman–Crippen MR) is 98.5 cm³/mol. The van der Waals surface area contributed by atoms with Gasteiger partial charge in [-0.25, -0.2) is 0 Å². The number of anilines is 1. The van der Waals surface area contributed by atoms with Crippen LogP contribution in [0.3, 0.4) is 0 Å². The van der Waals surface area contributed by atoms with E-state index in [2.05, 4.69) is 16.7 Å². The van der Waals surface area contributed by atoms with Crippen molar-refractivity contribution in [2.24, 2.45) is 0 Å². The molecule has 2 N–H and O–H groups in total. The normalized spacial score (nSPS) is 11.9. The number of carbonyl (C=O) groups excluding carboxylic acids is 1. The minimum Gasteiger partial charge on any atom is -0.369 e. The smallest absolute Gasteiger partial charge is 0.269 e. The highest BCUT2D eigenvalue weighted by Crippen LogP contribution is 2.26. The third-order valence-corrected chi connectivity index (χ3v) is 3.52. The van der Waals surface area contributed by atoms with Crippen molar-refractivity contribution in [3.8, 4) is 6.07 Å². The molecule has 2 rings (SSSR count). The molecule has 0 saturated carbocycles. The first-order chi connectivity index (χ1) is 12.2. The molecule has 0 saturated heterocycles. The molecule has 0 aliphatic rings. The lowest BCUT2D eigenvalue weighted by Crippen LogP contribution is -2.44. The summed E-state index contributed by atoms with van der Waals surface area (Å²) in [7, 11) is 0. The Kier molecular flexibility index (Phi) is 5.58. The molecule has 2 aromatic rings. The Bertz CT molecular complexity index is 866. The van der Waals surface area contributed by atoms with Crippen LogP contribution >= 0.6 is 0 Å². The van der Waals surface area contributed by atoms with Gasteiger partial charge < -0.3 is 10.6 Å². The lowest BCUT2D eigenvalue weighted by molar-refractivity contribution is -0.384. The molecule has 0 fully saturated rings. The monoisotopic (exact) mass is 352 g/mol. The second kappa shape index (κ2) is 7.66. The van der Waals surface area contributed by atoms with Gasteiger partial charge in [-0.05, 0) is 38.5 Å². The highest BCUT2D eigenvalue weighted by atomic mass is 16.6. The van der Waals surface area contributed by atoms with Crippen LogP contribution in [0.4, 0.5) is 11.4 Å². The number of hydrogen-bond acceptors (Lipinski definition) is 5. The molecule has 0 bridgehead atoms. The predicted octanol–water partition coefficient (Wildman–Crippen LogP) is 3.53. The van der Waals surface area contributed by atoms with Crippen molar-refractivity contribution in [3.05, 3.63) is 69.8 Å². The first-order valence-electron chi connectivity index (χ1n) is 8.03. The van der Waals surface area contributed by atoms with Crippen LogP contribution in [0.5, 0.6) is 0 Å². The van der Waals surface area contributed by atoms with Gasteiger partial charge in [0.2, 0.25) is 5.91 Å². The summed E-state index contributed by atoms with van der Waals surface area (Å²) < 4.78 is 0. The Morgan fingerprint density at radius 2 is 1.88 bits per heavy atom. The van der Waals surface area contributed by atoms with Crippen molar-refractivity contribution in [1.29, 1.82) is 5.26 Å². The molecule has 7 nitrogen and oxygen atoms in total. The van der Waals surface area contributed by atoms with Gasteiger partial charge in [-0.3, -0.25) is 14.9 Å². The summed E-state index contributed by atoms with van der Waals surface area (Å²) in [5.41, 5.74) is 0.717. The van der Waals surface area contributed by atoms with E-state index in [0.29, 0.717) is 16.8 Å². The zero-order chi connectivity index (χ0) is 19.3. The number of non-ortho nitro benzene ring substituents is 1. The molecule has 7 heteroatoms. The number of hydrogen-bond donors (Lipinski definition) is 2. The van der Waals surface area contributed by atoms with Crippen LogP contribution in [0.1, 0.15) is 37.9 Å². The summed E-state index contributed by atoms with van der Waals surface area (Å²) in [6, 6.07) is 13.9. The summed E-state index contributed by atoms with van der Waals surface area (Å²) in [4.78, 5) is 23.4. The van der Waals surface area contributed by atoms with Crippen LogP contribution in [0.15, 0.2) is 48.5 Å². The third-order valence-electron chi connectivity index (χ3n) is 3.52. The van der Waals surface area contributed by atoms with Gasteiger partial charge in [0.25, 0.3) is 5.69 Å². The molecule has 1 unspecified atom stereocenters. The van der Waals surface area contributed by atoms with Crippen LogP contribution in [-0.4, -0.2) is 16.4 Å². The lowest BCUT2D eigenvalue weighted by atomic mass is 10.0. The molecule has 0 aliphatic heterocycles. The quantitative estimate of drug-likeness (QED) is 0.632. The number of amides is 1. The highest BCUT2D eigenvalue weighted by molar-refractivity contribution is 5.87. The fourth-order valence-corrected chi connectivity index (χ4v) is 2.42. The third kappa shape index (κ3) is 4.80. The average molecular weight is 352 g/mol. The van der Waals surface area contributed by atoms with Crippen LogP contribution in [0, 0.1) is 21.4 Å². The molecule has 1 amide bonds. The van der Waals surface area contributed by atoms with Crippen LogP contribution in [-0.2, 0) is 4.79 Å². The van der Waals surface area contributed by atoms with E-state index in [0.717, 1.165) is 0 Å². The maximum atomic E-state index is 12.8. The largest absolute Gasteiger partial charge is 0.369 e. The molecular weight excluding hydrogens is 332 g/mol. The molecule has 0 spiro atoms. The van der Waals surface area contributed by atoms with Crippen molar-refractivity contribution in [2.45, 2.75) is 32.4 Å². The van der Waals surface area contributed by atoms with Gasteiger partial charge in [0.1, 0.15) is 12.1 Å². The van der Waals surface area contributed by atoms with Gasteiger partial charge >= 0.3 is 0 Å². The van der Waals surface area contributed by atoms with Crippen LogP contribution in [0.25, 0.3) is 0 Å². The summed E-state index contributed by atoms with van der Waals surface area (Å²) in [5.74, 6) is -0.342. The standard InChI is InChI=1S/C19H20N4O3/c1-19(2,3)22-18(24)17(13-8-6-9-15(11-13)23(25)26)21-16-10-5-4-7-14(16)12-20/h4-11,17,21H,1-3H3,(H,22,24). The van der Waals surface area contributed by atoms with E-state index in [1.54, 1.807) is 30.3 Å². The van der Waals surface area contributed by atoms with Gasteiger partial charge in [0.05, 0.1) is 16.2 Å². The lowest BCUT2D eigenvalue weighted by Gasteiger charge is -2.26. The zero-order valence-corrected chi connectivity index (χ0v) is 14.8. The van der Waals surface area contributed by atoms with Crippen molar-refractivity contribution in [3.63, 3.8) is 0 Å². The molecule has 2 aromatic carbocycles. The molecular formula is C19H20N4O3. The molecule has 0 aliphatic carbocycles. The van der Waals surface area contributed by atoms with E-state index in [1.807, 2.05) is 20.8 Å². The highest BCUT2D eigenvalue weighted by Gasteiger charge is 2.26. The summed E-state index contributed by atoms with van der Waals surface area (Å²) in [5, 5.41) is 26.3. The molecule has 134 valence electrons. The minimum absolute atomic E-state index is 0.105. The van der Waals surface area contributed by atoms with E-state index in [4.69, 9.17) is 0 Å². The Hall–Kier alpha value is -3.40. The first-order valence-corrected chi connectivity index (χ1v) is 8.03. The number of nitro groups is 1. The number of benzene rings is 2. The molecule has 26 heavy (non-hydrogen) atoms. The van der Waals surface area contributed by atoms with Gasteiger partial charge in [0, 0.05) is 17.7 Å². The average Bonchev–Trinajstić information content (AvgIpc) is 2.58. The number of nitrogens with zero attached hydrogens (tertiary/aromatic N) is 2. The number of carbonyl (C=O) groups is 1. The van der Waals surface area contributed by atoms with E-state index >= 15 is 0 Å². The van der Waals surface area contributed by atoms with Gasteiger partial charge in [-0.2, -0.15) is 5.26 Å². The second-order valence-electron chi connectivity index (χ2n) is 6.83. The number of nitriles is 1. The Morgan fingerprint density at radius 1 is 1.19 bits per heavy atom. The first kappa shape index (κ1) is 18.9. The van der Waals surface area contributed by atoms with Crippen LogP contribution < -0.4 is 10.6 Å². The Balaban J connectivity index is 2.45. The Labute approximate surface area is 151 Å².